The van der Waals surface area contributed by atoms with Gasteiger partial charge in [0, 0.05) is 19.0 Å². The third-order valence-electron chi connectivity index (χ3n) is 2.20. The summed E-state index contributed by atoms with van der Waals surface area (Å²) in [5.74, 6) is 0.121. The van der Waals surface area contributed by atoms with Crippen LogP contribution >= 0.6 is 0 Å². The average molecular weight is 261 g/mol. The molecule has 0 aromatic rings. The van der Waals surface area contributed by atoms with Crippen molar-refractivity contribution in [3.63, 3.8) is 0 Å². The van der Waals surface area contributed by atoms with Crippen molar-refractivity contribution in [2.24, 2.45) is 0 Å². The first-order valence-corrected chi connectivity index (χ1v) is 6.65. The fourth-order valence-electron chi connectivity index (χ4n) is 1.15. The van der Waals surface area contributed by atoms with Crippen molar-refractivity contribution >= 4 is 5.78 Å². The minimum absolute atomic E-state index is 0.121. The first-order chi connectivity index (χ1) is 8.66. The van der Waals surface area contributed by atoms with Gasteiger partial charge in [-0.25, -0.2) is 0 Å². The van der Waals surface area contributed by atoms with Crippen LogP contribution in [0.5, 0.6) is 0 Å². The van der Waals surface area contributed by atoms with Crippen LogP contribution in [0.25, 0.3) is 0 Å². The highest BCUT2D eigenvalue weighted by atomic mass is 16.5. The molecule has 18 heavy (non-hydrogen) atoms. The largest absolute Gasteiger partial charge is 0.378 e. The summed E-state index contributed by atoms with van der Waals surface area (Å²) < 4.78 is 15.8. The third kappa shape index (κ3) is 13.6. The van der Waals surface area contributed by atoms with Crippen LogP contribution in [0.1, 0.15) is 27.2 Å². The van der Waals surface area contributed by atoms with Crippen LogP contribution in [0, 0.1) is 0 Å². The summed E-state index contributed by atoms with van der Waals surface area (Å²) in [6.07, 6.45) is 0.527. The van der Waals surface area contributed by atoms with Gasteiger partial charge in [-0.1, -0.05) is 20.8 Å². The summed E-state index contributed by atoms with van der Waals surface area (Å²) >= 11 is 0. The highest BCUT2D eigenvalue weighted by Gasteiger charge is 1.97. The van der Waals surface area contributed by atoms with Gasteiger partial charge >= 0.3 is 0 Å². The van der Waals surface area contributed by atoms with E-state index in [9.17, 15) is 4.79 Å². The van der Waals surface area contributed by atoms with E-state index in [2.05, 4.69) is 19.2 Å². The number of ketones is 1. The van der Waals surface area contributed by atoms with Gasteiger partial charge in [-0.3, -0.25) is 4.79 Å². The van der Waals surface area contributed by atoms with E-state index < -0.39 is 0 Å². The molecule has 0 aromatic heterocycles. The average Bonchev–Trinajstić information content (AvgIpc) is 2.35. The molecule has 0 spiro atoms. The Labute approximate surface area is 110 Å². The molecule has 0 aliphatic heterocycles. The third-order valence-corrected chi connectivity index (χ3v) is 2.20. The Morgan fingerprint density at radius 1 is 1.00 bits per heavy atom. The summed E-state index contributed by atoms with van der Waals surface area (Å²) in [7, 11) is 0. The lowest BCUT2D eigenvalue weighted by Gasteiger charge is -2.09. The molecule has 0 saturated carbocycles. The standard InChI is InChI=1S/C13H27NO4/c1-4-13(15)11-18-10-9-17-8-7-16-6-5-14-12(2)3/h12,14H,4-11H2,1-3H3. The van der Waals surface area contributed by atoms with Gasteiger partial charge in [-0.05, 0) is 0 Å². The van der Waals surface area contributed by atoms with Gasteiger partial charge in [0.05, 0.1) is 33.0 Å². The molecule has 0 unspecified atom stereocenters. The van der Waals surface area contributed by atoms with E-state index in [1.807, 2.05) is 6.92 Å². The molecule has 5 nitrogen and oxygen atoms in total. The molecule has 0 aliphatic rings. The molecule has 0 bridgehead atoms. The molecule has 0 fully saturated rings. The van der Waals surface area contributed by atoms with Crippen molar-refractivity contribution in [3.05, 3.63) is 0 Å². The smallest absolute Gasteiger partial charge is 0.158 e. The Balaban J connectivity index is 3.01. The van der Waals surface area contributed by atoms with Gasteiger partial charge in [0.1, 0.15) is 6.61 Å². The number of ether oxygens (including phenoxy) is 3. The van der Waals surface area contributed by atoms with Crippen LogP contribution in [0.2, 0.25) is 0 Å². The predicted octanol–water partition coefficient (Wildman–Crippen LogP) is 1.01. The number of Topliss-reactive ketones (excluding diaryl/α,β-unsaturated/α-hetero) is 1. The normalized spacial score (nSPS) is 11.1. The summed E-state index contributed by atoms with van der Waals surface area (Å²) in [6.45, 7) is 9.90. The zero-order chi connectivity index (χ0) is 13.6. The van der Waals surface area contributed by atoms with Gasteiger partial charge in [0.15, 0.2) is 5.78 Å². The second kappa shape index (κ2) is 13.0. The fourth-order valence-corrected chi connectivity index (χ4v) is 1.15. The highest BCUT2D eigenvalue weighted by Crippen LogP contribution is 1.85. The molecular weight excluding hydrogens is 234 g/mol. The highest BCUT2D eigenvalue weighted by molar-refractivity contribution is 5.79. The van der Waals surface area contributed by atoms with Crippen molar-refractivity contribution in [2.75, 3.05) is 46.2 Å². The second-order valence-electron chi connectivity index (χ2n) is 4.28. The minimum Gasteiger partial charge on any atom is -0.378 e. The number of carbonyl (C=O) groups excluding carboxylic acids is 1. The lowest BCUT2D eigenvalue weighted by Crippen LogP contribution is -2.27. The molecule has 0 radical (unpaired) electrons. The maximum atomic E-state index is 10.9. The minimum atomic E-state index is 0.121. The monoisotopic (exact) mass is 261 g/mol. The van der Waals surface area contributed by atoms with Crippen LogP contribution in [0.3, 0.4) is 0 Å². The van der Waals surface area contributed by atoms with E-state index in [4.69, 9.17) is 14.2 Å². The fraction of sp³-hybridized carbons (Fsp3) is 0.923. The molecule has 5 heteroatoms. The van der Waals surface area contributed by atoms with E-state index in [0.717, 1.165) is 6.54 Å². The number of hydrogen-bond acceptors (Lipinski definition) is 5. The summed E-state index contributed by atoms with van der Waals surface area (Å²) in [5, 5.41) is 3.26. The molecule has 0 heterocycles. The van der Waals surface area contributed by atoms with Crippen molar-refractivity contribution in [3.8, 4) is 0 Å². The van der Waals surface area contributed by atoms with Crippen molar-refractivity contribution < 1.29 is 19.0 Å². The lowest BCUT2D eigenvalue weighted by molar-refractivity contribution is -0.123. The Hall–Kier alpha value is -0.490. The van der Waals surface area contributed by atoms with Crippen LogP contribution in [0.15, 0.2) is 0 Å². The molecule has 0 saturated heterocycles. The van der Waals surface area contributed by atoms with Gasteiger partial charge in [-0.15, -0.1) is 0 Å². The van der Waals surface area contributed by atoms with Crippen LogP contribution < -0.4 is 5.32 Å². The van der Waals surface area contributed by atoms with Crippen molar-refractivity contribution in [1.82, 2.24) is 5.32 Å². The van der Waals surface area contributed by atoms with E-state index in [-0.39, 0.29) is 12.4 Å². The number of rotatable bonds is 13. The van der Waals surface area contributed by atoms with Crippen LogP contribution in [-0.4, -0.2) is 58.0 Å². The van der Waals surface area contributed by atoms with E-state index in [1.54, 1.807) is 0 Å². The maximum absolute atomic E-state index is 10.9. The topological polar surface area (TPSA) is 56.8 Å². The molecular formula is C13H27NO4. The Bertz CT molecular complexity index is 197. The summed E-state index contributed by atoms with van der Waals surface area (Å²) in [5.41, 5.74) is 0. The van der Waals surface area contributed by atoms with Gasteiger partial charge in [0.2, 0.25) is 0 Å². The molecule has 0 aromatic carbocycles. The van der Waals surface area contributed by atoms with Gasteiger partial charge in [-0.2, -0.15) is 0 Å². The van der Waals surface area contributed by atoms with Gasteiger partial charge in [0.25, 0.3) is 0 Å². The van der Waals surface area contributed by atoms with Crippen LogP contribution in [-0.2, 0) is 19.0 Å². The number of hydrogen-bond donors (Lipinski definition) is 1. The lowest BCUT2D eigenvalue weighted by atomic mass is 10.3. The molecule has 0 aliphatic carbocycles. The zero-order valence-electron chi connectivity index (χ0n) is 11.9. The van der Waals surface area contributed by atoms with Crippen molar-refractivity contribution in [1.29, 1.82) is 0 Å². The molecule has 108 valence electrons. The van der Waals surface area contributed by atoms with Crippen molar-refractivity contribution in [2.45, 2.75) is 33.2 Å². The molecule has 0 atom stereocenters. The van der Waals surface area contributed by atoms with E-state index in [0.29, 0.717) is 45.5 Å². The number of nitrogens with one attached hydrogen (secondary N) is 1. The predicted molar refractivity (Wildman–Crippen MR) is 70.9 cm³/mol. The second-order valence-corrected chi connectivity index (χ2v) is 4.28. The SMILES string of the molecule is CCC(=O)COCCOCCOCCNC(C)C. The number of carbonyl (C=O) groups is 1. The zero-order valence-corrected chi connectivity index (χ0v) is 11.9. The molecule has 0 amide bonds. The maximum Gasteiger partial charge on any atom is 0.158 e. The molecule has 0 rings (SSSR count). The van der Waals surface area contributed by atoms with Crippen LogP contribution in [0.4, 0.5) is 0 Å². The Kier molecular flexibility index (Phi) is 12.6. The van der Waals surface area contributed by atoms with Gasteiger partial charge < -0.3 is 19.5 Å². The van der Waals surface area contributed by atoms with E-state index >= 15 is 0 Å². The summed E-state index contributed by atoms with van der Waals surface area (Å²) in [4.78, 5) is 10.9. The first-order valence-electron chi connectivity index (χ1n) is 6.65. The Morgan fingerprint density at radius 2 is 1.56 bits per heavy atom. The first kappa shape index (κ1) is 17.5. The Morgan fingerprint density at radius 3 is 2.11 bits per heavy atom. The summed E-state index contributed by atoms with van der Waals surface area (Å²) in [6, 6.07) is 0.493. The van der Waals surface area contributed by atoms with E-state index in [1.165, 1.54) is 0 Å². The quantitative estimate of drug-likeness (QED) is 0.502. The molecule has 1 N–H and O–H groups in total.